The number of esters is 1. The summed E-state index contributed by atoms with van der Waals surface area (Å²) >= 11 is 0. The van der Waals surface area contributed by atoms with E-state index in [1.165, 1.54) is 24.8 Å². The van der Waals surface area contributed by atoms with Crippen LogP contribution in [-0.4, -0.2) is 25.5 Å². The normalized spacial score (nSPS) is 18.2. The number of carbonyl (C=O) groups excluding carboxylic acids is 2. The zero-order chi connectivity index (χ0) is 24.2. The molecule has 1 aliphatic heterocycles. The molecule has 3 aliphatic rings. The monoisotopic (exact) mass is 470 g/mol. The maximum absolute atomic E-state index is 13.7. The summed E-state index contributed by atoms with van der Waals surface area (Å²) in [6.45, 7) is 1.52. The molecule has 1 N–H and O–H groups in total. The summed E-state index contributed by atoms with van der Waals surface area (Å²) in [5.74, 6) is -0.706. The lowest BCUT2D eigenvalue weighted by atomic mass is 9.96. The molecule has 2 fully saturated rings. The highest BCUT2D eigenvalue weighted by Crippen LogP contribution is 2.57. The van der Waals surface area contributed by atoms with Crippen LogP contribution in [0.15, 0.2) is 66.7 Å². The van der Waals surface area contributed by atoms with Crippen molar-refractivity contribution in [2.24, 2.45) is 0 Å². The fraction of sp³-hybridized carbons (Fsp3) is 0.310. The molecule has 6 rings (SSSR count). The third-order valence-electron chi connectivity index (χ3n) is 7.76. The van der Waals surface area contributed by atoms with Crippen molar-refractivity contribution in [1.29, 1.82) is 0 Å². The van der Waals surface area contributed by atoms with E-state index in [4.69, 9.17) is 4.74 Å². The van der Waals surface area contributed by atoms with Gasteiger partial charge in [-0.3, -0.25) is 4.79 Å². The first-order valence-electron chi connectivity index (χ1n) is 12.1. The third-order valence-corrected chi connectivity index (χ3v) is 7.76. The van der Waals surface area contributed by atoms with Gasteiger partial charge >= 0.3 is 5.97 Å². The zero-order valence-electron chi connectivity index (χ0n) is 19.6. The van der Waals surface area contributed by atoms with Gasteiger partial charge in [0.15, 0.2) is 0 Å². The Morgan fingerprint density at radius 3 is 2.31 bits per heavy atom. The second-order valence-corrected chi connectivity index (χ2v) is 10.1. The van der Waals surface area contributed by atoms with E-state index in [0.29, 0.717) is 17.7 Å². The Hall–Kier alpha value is -3.67. The minimum atomic E-state index is -0.411. The molecule has 1 spiro atoms. The number of carbonyl (C=O) groups is 2. The van der Waals surface area contributed by atoms with Gasteiger partial charge in [-0.1, -0.05) is 36.4 Å². The largest absolute Gasteiger partial charge is 0.465 e. The molecule has 0 unspecified atom stereocenters. The molecule has 5 nitrogen and oxygen atoms in total. The molecule has 0 bridgehead atoms. The lowest BCUT2D eigenvalue weighted by molar-refractivity contribution is 0.0600. The lowest BCUT2D eigenvalue weighted by Gasteiger charge is -2.24. The van der Waals surface area contributed by atoms with Crippen LogP contribution in [0.1, 0.15) is 63.1 Å². The van der Waals surface area contributed by atoms with Crippen molar-refractivity contribution >= 4 is 17.6 Å². The molecule has 1 heterocycles. The van der Waals surface area contributed by atoms with E-state index in [-0.39, 0.29) is 23.1 Å². The highest BCUT2D eigenvalue weighted by molar-refractivity contribution is 6.02. The fourth-order valence-corrected chi connectivity index (χ4v) is 5.49. The number of amides is 1. The fourth-order valence-electron chi connectivity index (χ4n) is 5.49. The molecule has 0 radical (unpaired) electrons. The number of rotatable bonds is 6. The number of anilines is 1. The number of nitrogens with zero attached hydrogens (tertiary/aromatic N) is 1. The molecule has 6 heteroatoms. The van der Waals surface area contributed by atoms with Gasteiger partial charge in [-0.25, -0.2) is 9.18 Å². The zero-order valence-corrected chi connectivity index (χ0v) is 19.6. The second-order valence-electron chi connectivity index (χ2n) is 10.1. The number of nitrogens with one attached hydrogen (secondary N) is 1. The number of hydrogen-bond donors (Lipinski definition) is 1. The molecule has 0 saturated heterocycles. The summed E-state index contributed by atoms with van der Waals surface area (Å²) in [6, 6.07) is 19.9. The third kappa shape index (κ3) is 3.77. The van der Waals surface area contributed by atoms with Crippen LogP contribution in [0.2, 0.25) is 0 Å². The van der Waals surface area contributed by atoms with Crippen molar-refractivity contribution in [3.05, 3.63) is 100 Å². The van der Waals surface area contributed by atoms with Gasteiger partial charge in [0, 0.05) is 18.5 Å². The van der Waals surface area contributed by atoms with Gasteiger partial charge in [-0.2, -0.15) is 0 Å². The van der Waals surface area contributed by atoms with E-state index >= 15 is 0 Å². The molecular weight excluding hydrogens is 443 g/mol. The summed E-state index contributed by atoms with van der Waals surface area (Å²) in [5.41, 5.74) is 5.17. The summed E-state index contributed by atoms with van der Waals surface area (Å²) in [7, 11) is 1.36. The summed E-state index contributed by atoms with van der Waals surface area (Å²) in [6.07, 6.45) is 3.96. The van der Waals surface area contributed by atoms with Crippen LogP contribution in [-0.2, 0) is 22.2 Å². The Bertz CT molecular complexity index is 1310. The van der Waals surface area contributed by atoms with Crippen LogP contribution in [0.3, 0.4) is 0 Å². The molecule has 2 aliphatic carbocycles. The Labute approximate surface area is 203 Å². The number of para-hydroxylation sites is 1. The van der Waals surface area contributed by atoms with Crippen LogP contribution in [0.5, 0.6) is 0 Å². The van der Waals surface area contributed by atoms with Crippen LogP contribution in [0, 0.1) is 5.82 Å². The molecule has 0 aromatic heterocycles. The molecule has 3 aromatic carbocycles. The van der Waals surface area contributed by atoms with Gasteiger partial charge < -0.3 is 15.0 Å². The smallest absolute Gasteiger partial charge is 0.337 e. The molecule has 0 atom stereocenters. The Morgan fingerprint density at radius 2 is 1.69 bits per heavy atom. The number of halogens is 1. The highest BCUT2D eigenvalue weighted by atomic mass is 19.1. The van der Waals surface area contributed by atoms with Crippen LogP contribution < -0.4 is 10.2 Å². The number of methoxy groups -OCH3 is 1. The maximum atomic E-state index is 13.7. The quantitative estimate of drug-likeness (QED) is 0.511. The van der Waals surface area contributed by atoms with Crippen LogP contribution in [0.25, 0.3) is 0 Å². The summed E-state index contributed by atoms with van der Waals surface area (Å²) in [5, 5.41) is 3.30. The van der Waals surface area contributed by atoms with Gasteiger partial charge in [-0.05, 0) is 72.7 Å². The van der Waals surface area contributed by atoms with Crippen molar-refractivity contribution < 1.29 is 18.7 Å². The van der Waals surface area contributed by atoms with Crippen molar-refractivity contribution in [1.82, 2.24) is 5.32 Å². The molecule has 2 saturated carbocycles. The van der Waals surface area contributed by atoms with E-state index in [9.17, 15) is 14.0 Å². The SMILES string of the molecule is COC(=O)c1ccc(C2(NC(=O)c3cccc4c3N(Cc3ccc(F)cc3)CC43CC3)CC2)cc1. The van der Waals surface area contributed by atoms with Crippen molar-refractivity contribution in [2.45, 2.75) is 43.2 Å². The first-order valence-corrected chi connectivity index (χ1v) is 12.1. The Morgan fingerprint density at radius 1 is 0.971 bits per heavy atom. The van der Waals surface area contributed by atoms with E-state index in [2.05, 4.69) is 16.3 Å². The molecule has 35 heavy (non-hydrogen) atoms. The van der Waals surface area contributed by atoms with Gasteiger partial charge in [0.25, 0.3) is 5.91 Å². The van der Waals surface area contributed by atoms with E-state index in [1.807, 2.05) is 36.4 Å². The lowest BCUT2D eigenvalue weighted by Crippen LogP contribution is -2.36. The van der Waals surface area contributed by atoms with Gasteiger partial charge in [0.1, 0.15) is 5.82 Å². The van der Waals surface area contributed by atoms with Gasteiger partial charge in [-0.15, -0.1) is 0 Å². The van der Waals surface area contributed by atoms with Crippen molar-refractivity contribution in [3.63, 3.8) is 0 Å². The molecule has 1 amide bonds. The average Bonchev–Trinajstić information content (AvgIpc) is 3.80. The Kier molecular flexibility index (Phi) is 4.95. The predicted molar refractivity (Wildman–Crippen MR) is 131 cm³/mol. The molecular formula is C29H27FN2O3. The molecule has 3 aromatic rings. The van der Waals surface area contributed by atoms with E-state index in [0.717, 1.165) is 49.0 Å². The van der Waals surface area contributed by atoms with E-state index in [1.54, 1.807) is 12.1 Å². The summed E-state index contributed by atoms with van der Waals surface area (Å²) < 4.78 is 18.2. The number of benzene rings is 3. The van der Waals surface area contributed by atoms with E-state index < -0.39 is 5.54 Å². The van der Waals surface area contributed by atoms with Crippen LogP contribution in [0.4, 0.5) is 10.1 Å². The van der Waals surface area contributed by atoms with Gasteiger partial charge in [0.05, 0.1) is 29.5 Å². The minimum absolute atomic E-state index is 0.0850. The summed E-state index contributed by atoms with van der Waals surface area (Å²) in [4.78, 5) is 27.7. The standard InChI is InChI=1S/C29H27FN2O3/c1-35-27(34)20-7-9-21(10-8-20)29(15-16-29)31-26(33)23-3-2-4-24-25(23)32(18-28(24)13-14-28)17-19-5-11-22(30)12-6-19/h2-12H,13-18H2,1H3,(H,31,33). The Balaban J connectivity index is 1.28. The minimum Gasteiger partial charge on any atom is -0.465 e. The number of ether oxygens (including phenoxy) is 1. The molecule has 178 valence electrons. The van der Waals surface area contributed by atoms with Gasteiger partial charge in [0.2, 0.25) is 0 Å². The van der Waals surface area contributed by atoms with Crippen LogP contribution >= 0.6 is 0 Å². The van der Waals surface area contributed by atoms with Crippen molar-refractivity contribution in [2.75, 3.05) is 18.6 Å². The predicted octanol–water partition coefficient (Wildman–Crippen LogP) is 5.08. The number of fused-ring (bicyclic) bond motifs is 2. The maximum Gasteiger partial charge on any atom is 0.337 e. The first-order chi connectivity index (χ1) is 16.9. The average molecular weight is 471 g/mol. The highest BCUT2D eigenvalue weighted by Gasteiger charge is 2.53. The first kappa shape index (κ1) is 21.8. The van der Waals surface area contributed by atoms with Crippen molar-refractivity contribution in [3.8, 4) is 0 Å². The topological polar surface area (TPSA) is 58.6 Å². The number of hydrogen-bond acceptors (Lipinski definition) is 4. The second kappa shape index (κ2) is 7.94.